The first-order chi connectivity index (χ1) is 10.0. The van der Waals surface area contributed by atoms with E-state index >= 15 is 0 Å². The second kappa shape index (κ2) is 5.95. The van der Waals surface area contributed by atoms with Crippen LogP contribution in [0.25, 0.3) is 0 Å². The lowest BCUT2D eigenvalue weighted by Gasteiger charge is -2.17. The average Bonchev–Trinajstić information content (AvgIpc) is 2.53. The molecule has 0 aliphatic rings. The van der Waals surface area contributed by atoms with Gasteiger partial charge in [-0.05, 0) is 18.2 Å². The molecule has 21 heavy (non-hydrogen) atoms. The fourth-order valence-corrected chi connectivity index (χ4v) is 1.72. The van der Waals surface area contributed by atoms with Crippen molar-refractivity contribution in [3.05, 3.63) is 52.5 Å². The molecule has 0 atom stereocenters. The van der Waals surface area contributed by atoms with Crippen molar-refractivity contribution in [1.82, 2.24) is 9.97 Å². The second-order valence-electron chi connectivity index (χ2n) is 4.06. The number of anilines is 2. The van der Waals surface area contributed by atoms with Crippen molar-refractivity contribution in [2.45, 2.75) is 0 Å². The summed E-state index contributed by atoms with van der Waals surface area (Å²) in [5, 5.41) is 11.1. The summed E-state index contributed by atoms with van der Waals surface area (Å²) in [6, 6.07) is 5.90. The lowest BCUT2D eigenvalue weighted by atomic mass is 10.3. The Labute approximate surface area is 120 Å². The number of hydrogen-bond donors (Lipinski definition) is 0. The quantitative estimate of drug-likeness (QED) is 0.481. The molecular weight excluding hydrogens is 276 g/mol. The Kier molecular flexibility index (Phi) is 4.07. The van der Waals surface area contributed by atoms with Crippen LogP contribution in [0.3, 0.4) is 0 Å². The lowest BCUT2D eigenvalue weighted by Crippen LogP contribution is -2.16. The van der Waals surface area contributed by atoms with E-state index < -0.39 is 10.9 Å². The van der Waals surface area contributed by atoms with Crippen LogP contribution < -0.4 is 4.90 Å². The van der Waals surface area contributed by atoms with Crippen molar-refractivity contribution in [3.63, 3.8) is 0 Å². The number of pyridine rings is 2. The molecule has 0 N–H and O–H groups in total. The van der Waals surface area contributed by atoms with Gasteiger partial charge in [-0.15, -0.1) is 0 Å². The number of ether oxygens (including phenoxy) is 1. The summed E-state index contributed by atoms with van der Waals surface area (Å²) >= 11 is 0. The predicted octanol–water partition coefficient (Wildman–Crippen LogP) is 1.94. The normalized spacial score (nSPS) is 10.0. The average molecular weight is 288 g/mol. The molecule has 0 unspecified atom stereocenters. The third-order valence-corrected chi connectivity index (χ3v) is 2.80. The van der Waals surface area contributed by atoms with Gasteiger partial charge in [-0.25, -0.2) is 9.78 Å². The molecule has 0 radical (unpaired) electrons. The van der Waals surface area contributed by atoms with E-state index in [0.717, 1.165) is 0 Å². The first-order valence-electron chi connectivity index (χ1n) is 5.92. The summed E-state index contributed by atoms with van der Waals surface area (Å²) in [5.74, 6) is -0.623. The minimum absolute atomic E-state index is 0.00570. The van der Waals surface area contributed by atoms with Gasteiger partial charge in [0.05, 0.1) is 23.9 Å². The van der Waals surface area contributed by atoms with Crippen molar-refractivity contribution in [2.75, 3.05) is 19.1 Å². The first kappa shape index (κ1) is 14.4. The molecule has 0 aliphatic carbocycles. The van der Waals surface area contributed by atoms with Crippen LogP contribution in [-0.4, -0.2) is 35.0 Å². The predicted molar refractivity (Wildman–Crippen MR) is 74.5 cm³/mol. The Morgan fingerprint density at radius 2 is 2.14 bits per heavy atom. The number of methoxy groups -OCH3 is 1. The Bertz CT molecular complexity index is 675. The molecule has 0 bridgehead atoms. The number of rotatable bonds is 4. The summed E-state index contributed by atoms with van der Waals surface area (Å²) in [6.07, 6.45) is 3.13. The van der Waals surface area contributed by atoms with Gasteiger partial charge in [0.25, 0.3) is 0 Å². The van der Waals surface area contributed by atoms with Gasteiger partial charge < -0.3 is 9.64 Å². The summed E-state index contributed by atoms with van der Waals surface area (Å²) in [4.78, 5) is 31.5. The van der Waals surface area contributed by atoms with Crippen molar-refractivity contribution in [1.29, 1.82) is 0 Å². The van der Waals surface area contributed by atoms with E-state index in [-0.39, 0.29) is 17.2 Å². The highest BCUT2D eigenvalue weighted by molar-refractivity contribution is 5.88. The summed E-state index contributed by atoms with van der Waals surface area (Å²) < 4.78 is 4.57. The number of hydrogen-bond acceptors (Lipinski definition) is 7. The summed E-state index contributed by atoms with van der Waals surface area (Å²) in [5.41, 5.74) is 0.387. The molecule has 2 aromatic rings. The highest BCUT2D eigenvalue weighted by Gasteiger charge is 2.22. The number of carbonyl (C=O) groups excluding carboxylic acids is 1. The van der Waals surface area contributed by atoms with Crippen LogP contribution in [0.5, 0.6) is 0 Å². The van der Waals surface area contributed by atoms with Crippen LogP contribution in [0, 0.1) is 10.1 Å². The Morgan fingerprint density at radius 1 is 1.38 bits per heavy atom. The van der Waals surface area contributed by atoms with Gasteiger partial charge in [0.2, 0.25) is 5.82 Å². The molecule has 0 aliphatic heterocycles. The van der Waals surface area contributed by atoms with Crippen LogP contribution in [-0.2, 0) is 4.74 Å². The number of carbonyl (C=O) groups is 1. The molecule has 2 aromatic heterocycles. The minimum atomic E-state index is -0.661. The highest BCUT2D eigenvalue weighted by atomic mass is 16.6. The maximum absolute atomic E-state index is 11.5. The molecule has 8 heteroatoms. The van der Waals surface area contributed by atoms with Crippen molar-refractivity contribution < 1.29 is 14.5 Å². The van der Waals surface area contributed by atoms with Gasteiger partial charge in [-0.2, -0.15) is 0 Å². The van der Waals surface area contributed by atoms with E-state index in [1.54, 1.807) is 25.4 Å². The van der Waals surface area contributed by atoms with Gasteiger partial charge in [-0.3, -0.25) is 15.1 Å². The zero-order valence-corrected chi connectivity index (χ0v) is 11.4. The monoisotopic (exact) mass is 288 g/mol. The SMILES string of the molecule is COC(=O)c1ccc([N+](=O)[O-])c(N(C)c2cccnc2)n1. The van der Waals surface area contributed by atoms with E-state index in [0.29, 0.717) is 5.69 Å². The molecule has 0 amide bonds. The van der Waals surface area contributed by atoms with Gasteiger partial charge in [0.1, 0.15) is 0 Å². The third kappa shape index (κ3) is 2.94. The van der Waals surface area contributed by atoms with Gasteiger partial charge in [0.15, 0.2) is 5.69 Å². The van der Waals surface area contributed by atoms with E-state index in [4.69, 9.17) is 0 Å². The molecule has 0 spiro atoms. The molecule has 2 heterocycles. The molecule has 0 saturated carbocycles. The minimum Gasteiger partial charge on any atom is -0.464 e. The van der Waals surface area contributed by atoms with E-state index in [2.05, 4.69) is 14.7 Å². The van der Waals surface area contributed by atoms with E-state index in [1.165, 1.54) is 30.3 Å². The Morgan fingerprint density at radius 3 is 2.71 bits per heavy atom. The summed E-state index contributed by atoms with van der Waals surface area (Å²) in [6.45, 7) is 0. The van der Waals surface area contributed by atoms with Crippen molar-refractivity contribution >= 4 is 23.2 Å². The number of aromatic nitrogens is 2. The molecule has 2 rings (SSSR count). The van der Waals surface area contributed by atoms with Crippen LogP contribution in [0.1, 0.15) is 10.5 Å². The fraction of sp³-hybridized carbons (Fsp3) is 0.154. The molecule has 0 aromatic carbocycles. The summed E-state index contributed by atoms with van der Waals surface area (Å²) in [7, 11) is 2.82. The smallest absolute Gasteiger partial charge is 0.356 e. The molecule has 8 nitrogen and oxygen atoms in total. The van der Waals surface area contributed by atoms with Gasteiger partial charge in [0, 0.05) is 19.3 Å². The first-order valence-corrected chi connectivity index (χ1v) is 5.92. The molecule has 0 saturated heterocycles. The maximum atomic E-state index is 11.5. The molecule has 0 fully saturated rings. The van der Waals surface area contributed by atoms with Crippen LogP contribution >= 0.6 is 0 Å². The lowest BCUT2D eigenvalue weighted by molar-refractivity contribution is -0.384. The van der Waals surface area contributed by atoms with Crippen LogP contribution in [0.4, 0.5) is 17.2 Å². The van der Waals surface area contributed by atoms with Crippen molar-refractivity contribution in [2.24, 2.45) is 0 Å². The highest BCUT2D eigenvalue weighted by Crippen LogP contribution is 2.30. The fourth-order valence-electron chi connectivity index (χ4n) is 1.72. The number of nitro groups is 1. The van der Waals surface area contributed by atoms with Gasteiger partial charge >= 0.3 is 11.7 Å². The number of esters is 1. The Balaban J connectivity index is 2.53. The topological polar surface area (TPSA) is 98.5 Å². The van der Waals surface area contributed by atoms with E-state index in [9.17, 15) is 14.9 Å². The second-order valence-corrected chi connectivity index (χ2v) is 4.06. The number of nitrogens with zero attached hydrogens (tertiary/aromatic N) is 4. The zero-order valence-electron chi connectivity index (χ0n) is 11.4. The van der Waals surface area contributed by atoms with Crippen LogP contribution in [0.2, 0.25) is 0 Å². The van der Waals surface area contributed by atoms with Gasteiger partial charge in [-0.1, -0.05) is 0 Å². The largest absolute Gasteiger partial charge is 0.464 e. The van der Waals surface area contributed by atoms with Crippen molar-refractivity contribution in [3.8, 4) is 0 Å². The Hall–Kier alpha value is -3.03. The van der Waals surface area contributed by atoms with Crippen LogP contribution in [0.15, 0.2) is 36.7 Å². The zero-order chi connectivity index (χ0) is 15.4. The third-order valence-electron chi connectivity index (χ3n) is 2.80. The maximum Gasteiger partial charge on any atom is 0.356 e. The molecule has 108 valence electrons. The van der Waals surface area contributed by atoms with E-state index in [1.807, 2.05) is 0 Å². The molecular formula is C13H12N4O4. The standard InChI is InChI=1S/C13H12N4O4/c1-16(9-4-3-7-14-8-9)12-11(17(19)20)6-5-10(15-12)13(18)21-2/h3-8H,1-2H3.